The van der Waals surface area contributed by atoms with Gasteiger partial charge in [-0.15, -0.1) is 45.3 Å². The first-order chi connectivity index (χ1) is 44.6. The Labute approximate surface area is 537 Å². The Bertz CT molecular complexity index is 5010. The Morgan fingerprint density at radius 2 is 0.544 bits per heavy atom. The van der Waals surface area contributed by atoms with Crippen LogP contribution in [0.15, 0.2) is 315 Å². The van der Waals surface area contributed by atoms with Gasteiger partial charge in [-0.2, -0.15) is 0 Å². The number of nitrogens with zero attached hydrogens (tertiary/aromatic N) is 4. The maximum Gasteiger partial charge on any atom is 0.101 e. The minimum absolute atomic E-state index is 0.859. The minimum Gasteiger partial charge on any atom is -0.310 e. The molecule has 0 fully saturated rings. The maximum atomic E-state index is 2.62. The summed E-state index contributed by atoms with van der Waals surface area (Å²) in [5.74, 6) is 0. The molecule has 19 rings (SSSR count). The Balaban J connectivity index is 0.977. The van der Waals surface area contributed by atoms with E-state index in [-0.39, 0.29) is 0 Å². The summed E-state index contributed by atoms with van der Waals surface area (Å²) in [6.07, 6.45) is 0. The zero-order valence-corrected chi connectivity index (χ0v) is 51.7. The van der Waals surface area contributed by atoms with E-state index in [1.54, 1.807) is 0 Å². The molecule has 6 heterocycles. The number of anilines is 12. The Kier molecular flexibility index (Phi) is 11.5. The van der Waals surface area contributed by atoms with Crippen molar-refractivity contribution < 1.29 is 0 Å². The van der Waals surface area contributed by atoms with Crippen LogP contribution in [0.1, 0.15) is 43.1 Å². The van der Waals surface area contributed by atoms with Crippen molar-refractivity contribution in [2.24, 2.45) is 0 Å². The van der Waals surface area contributed by atoms with Gasteiger partial charge in [0.25, 0.3) is 0 Å². The van der Waals surface area contributed by atoms with Crippen molar-refractivity contribution in [3.05, 3.63) is 359 Å². The van der Waals surface area contributed by atoms with Crippen molar-refractivity contribution >= 4 is 153 Å². The minimum atomic E-state index is -0.859. The van der Waals surface area contributed by atoms with Crippen LogP contribution in [0.5, 0.6) is 0 Å². The molecule has 3 aliphatic rings. The molecule has 0 saturated heterocycles. The average molecular weight is 1220 g/mol. The lowest BCUT2D eigenvalue weighted by Gasteiger charge is -2.53. The smallest absolute Gasteiger partial charge is 0.101 e. The highest BCUT2D eigenvalue weighted by Crippen LogP contribution is 2.72. The molecule has 0 unspecified atom stereocenters. The molecule has 0 radical (unpaired) electrons. The topological polar surface area (TPSA) is 13.0 Å². The van der Waals surface area contributed by atoms with Crippen molar-refractivity contribution in [2.75, 3.05) is 19.6 Å². The van der Waals surface area contributed by atoms with Gasteiger partial charge in [0.2, 0.25) is 0 Å². The third-order valence-corrected chi connectivity index (χ3v) is 23.6. The average Bonchev–Trinajstić information content (AvgIpc) is 1.20. The van der Waals surface area contributed by atoms with Gasteiger partial charge in [0.15, 0.2) is 0 Å². The Morgan fingerprint density at radius 1 is 0.233 bits per heavy atom. The molecule has 0 amide bonds. The largest absolute Gasteiger partial charge is 0.310 e. The van der Waals surface area contributed by atoms with Crippen LogP contribution in [0.25, 0.3) is 40.3 Å². The van der Waals surface area contributed by atoms with Crippen LogP contribution in [-0.2, 0) is 10.8 Å². The molecule has 424 valence electrons. The molecule has 2 spiro atoms. The third-order valence-electron chi connectivity index (χ3n) is 18.9. The zero-order valence-electron chi connectivity index (χ0n) is 48.4. The van der Waals surface area contributed by atoms with Gasteiger partial charge in [-0.25, -0.2) is 0 Å². The van der Waals surface area contributed by atoms with Crippen LogP contribution in [0, 0.1) is 0 Å². The quantitative estimate of drug-likeness (QED) is 0.150. The van der Waals surface area contributed by atoms with Gasteiger partial charge in [-0.05, 0) is 155 Å². The van der Waals surface area contributed by atoms with Crippen LogP contribution in [0.4, 0.5) is 66.9 Å². The Hall–Kier alpha value is -10.3. The molecule has 8 heteroatoms. The zero-order chi connectivity index (χ0) is 59.1. The summed E-state index contributed by atoms with van der Waals surface area (Å²) in [6, 6.07) is 119. The molecule has 0 saturated carbocycles. The van der Waals surface area contributed by atoms with Crippen molar-refractivity contribution in [3.8, 4) is 0 Å². The fraction of sp³-hybridized carbons (Fsp3) is 0.0244. The highest BCUT2D eigenvalue weighted by molar-refractivity contribution is 7.26. The van der Waals surface area contributed by atoms with Crippen molar-refractivity contribution in [1.29, 1.82) is 0 Å². The first-order valence-electron chi connectivity index (χ1n) is 30.6. The summed E-state index contributed by atoms with van der Waals surface area (Å²) < 4.78 is 5.11. The standard InChI is InChI=1S/C82H52N4S4/c1-5-25-53(26-6-1)83(57-45-47-61-59-33-13-23-43-73(59)87-75(61)49-57)77-51-67-79(89-77)82(65-37-17-21-41-71(65)86(56-31-11-4-12-32-56)72-42-22-18-38-66(72)82)68-52-78(84(54-27-7-2-8-28-54)58-46-48-62-60-34-14-24-44-74(60)88-76(62)50-58)90-80(68)81(67)63-35-15-19-39-69(63)85(55-29-9-3-10-30-55)70-40-20-16-36-64(70)81/h1-52H. The maximum absolute atomic E-state index is 2.62. The fourth-order valence-corrected chi connectivity index (χ4v) is 20.5. The molecule has 90 heavy (non-hydrogen) atoms. The highest BCUT2D eigenvalue weighted by Gasteiger charge is 2.61. The van der Waals surface area contributed by atoms with Crippen LogP contribution < -0.4 is 19.6 Å². The van der Waals surface area contributed by atoms with E-state index in [0.717, 1.165) is 66.9 Å². The lowest BCUT2D eigenvalue weighted by Crippen LogP contribution is -2.47. The van der Waals surface area contributed by atoms with E-state index in [2.05, 4.69) is 335 Å². The second-order valence-electron chi connectivity index (χ2n) is 23.5. The first kappa shape index (κ1) is 51.7. The fourth-order valence-electron chi connectivity index (χ4n) is 15.3. The summed E-state index contributed by atoms with van der Waals surface area (Å²) in [4.78, 5) is 12.7. The van der Waals surface area contributed by atoms with E-state index in [1.807, 2.05) is 45.3 Å². The predicted octanol–water partition coefficient (Wildman–Crippen LogP) is 24.1. The second-order valence-corrected chi connectivity index (χ2v) is 27.7. The number of hydrogen-bond donors (Lipinski definition) is 0. The summed E-state index contributed by atoms with van der Waals surface area (Å²) in [5.41, 5.74) is 17.1. The summed E-state index contributed by atoms with van der Waals surface area (Å²) >= 11 is 7.65. The molecule has 1 aliphatic carbocycles. The van der Waals surface area contributed by atoms with Crippen LogP contribution >= 0.6 is 45.3 Å². The van der Waals surface area contributed by atoms with Gasteiger partial charge in [-0.1, -0.05) is 194 Å². The van der Waals surface area contributed by atoms with Crippen molar-refractivity contribution in [3.63, 3.8) is 0 Å². The van der Waals surface area contributed by atoms with E-state index < -0.39 is 10.8 Å². The van der Waals surface area contributed by atoms with E-state index in [4.69, 9.17) is 0 Å². The van der Waals surface area contributed by atoms with E-state index >= 15 is 0 Å². The molecular formula is C82H52N4S4. The molecule has 12 aromatic carbocycles. The number of rotatable bonds is 8. The first-order valence-corrected chi connectivity index (χ1v) is 33.8. The van der Waals surface area contributed by atoms with Gasteiger partial charge in [0.1, 0.15) is 10.0 Å². The van der Waals surface area contributed by atoms with Gasteiger partial charge < -0.3 is 19.6 Å². The van der Waals surface area contributed by atoms with Crippen molar-refractivity contribution in [2.45, 2.75) is 10.8 Å². The number of para-hydroxylation sites is 8. The lowest BCUT2D eigenvalue weighted by atomic mass is 9.53. The van der Waals surface area contributed by atoms with Gasteiger partial charge in [0.05, 0.1) is 33.6 Å². The molecule has 0 N–H and O–H groups in total. The molecular weight excluding hydrogens is 1170 g/mol. The SMILES string of the molecule is c1ccc(N(c2ccc3c(c2)sc2ccccc23)c2cc3c(s2)C2(c4ccccc4N(c4ccccc4)c4ccccc42)c2cc(N(c4ccccc4)c4ccc5c(c4)sc4ccccc45)sc2C32c3ccccc3N(c3ccccc3)c3ccccc32)cc1. The van der Waals surface area contributed by atoms with E-state index in [1.165, 1.54) is 83.5 Å². The molecule has 4 nitrogen and oxygen atoms in total. The molecule has 4 aromatic heterocycles. The molecule has 0 atom stereocenters. The van der Waals surface area contributed by atoms with Gasteiger partial charge in [-0.3, -0.25) is 0 Å². The number of thiophene rings is 4. The summed E-state index contributed by atoms with van der Waals surface area (Å²) in [6.45, 7) is 0. The molecule has 2 aliphatic heterocycles. The van der Waals surface area contributed by atoms with Crippen molar-refractivity contribution in [1.82, 2.24) is 0 Å². The third kappa shape index (κ3) is 7.33. The number of fused-ring (bicyclic) bond motifs is 20. The van der Waals surface area contributed by atoms with Crippen LogP contribution in [0.3, 0.4) is 0 Å². The highest BCUT2D eigenvalue weighted by atomic mass is 32.1. The second kappa shape index (κ2) is 20.1. The predicted molar refractivity (Wildman–Crippen MR) is 384 cm³/mol. The lowest BCUT2D eigenvalue weighted by molar-refractivity contribution is 0.634. The van der Waals surface area contributed by atoms with Crippen LogP contribution in [-0.4, -0.2) is 0 Å². The molecule has 0 bridgehead atoms. The van der Waals surface area contributed by atoms with Crippen LogP contribution in [0.2, 0.25) is 0 Å². The van der Waals surface area contributed by atoms with Gasteiger partial charge >= 0.3 is 0 Å². The monoisotopic (exact) mass is 1220 g/mol. The number of benzene rings is 12. The van der Waals surface area contributed by atoms with E-state index in [9.17, 15) is 0 Å². The normalized spacial score (nSPS) is 13.9. The molecule has 16 aromatic rings. The van der Waals surface area contributed by atoms with E-state index in [0.29, 0.717) is 0 Å². The number of hydrogen-bond acceptors (Lipinski definition) is 8. The summed E-state index contributed by atoms with van der Waals surface area (Å²) in [5, 5.41) is 7.43. The summed E-state index contributed by atoms with van der Waals surface area (Å²) in [7, 11) is 0. The van der Waals surface area contributed by atoms with Gasteiger partial charge in [0, 0.05) is 84.2 Å². The Morgan fingerprint density at radius 3 is 0.922 bits per heavy atom.